The van der Waals surface area contributed by atoms with Crippen molar-refractivity contribution in [3.8, 4) is 17.1 Å². The number of imidazole rings is 1. The van der Waals surface area contributed by atoms with Gasteiger partial charge in [0.1, 0.15) is 17.1 Å². The van der Waals surface area contributed by atoms with Crippen LogP contribution in [-0.4, -0.2) is 39.2 Å². The molecule has 0 atom stereocenters. The van der Waals surface area contributed by atoms with Crippen molar-refractivity contribution >= 4 is 22.5 Å². The molecule has 0 radical (unpaired) electrons. The van der Waals surface area contributed by atoms with E-state index in [2.05, 4.69) is 22.8 Å². The minimum Gasteiger partial charge on any atom is -0.497 e. The van der Waals surface area contributed by atoms with Crippen LogP contribution in [0.3, 0.4) is 0 Å². The van der Waals surface area contributed by atoms with Gasteiger partial charge in [0.05, 0.1) is 36.2 Å². The van der Waals surface area contributed by atoms with Crippen LogP contribution >= 0.6 is 0 Å². The first-order valence-corrected chi connectivity index (χ1v) is 10.00. The second kappa shape index (κ2) is 7.18. The van der Waals surface area contributed by atoms with Crippen LogP contribution < -0.4 is 4.74 Å². The highest BCUT2D eigenvalue weighted by Gasteiger charge is 2.26. The van der Waals surface area contributed by atoms with E-state index in [1.165, 1.54) is 12.8 Å². The van der Waals surface area contributed by atoms with E-state index in [1.54, 1.807) is 32.5 Å². The number of hydrogen-bond acceptors (Lipinski definition) is 4. The Bertz CT molecular complexity index is 1270. The van der Waals surface area contributed by atoms with Crippen LogP contribution in [0.2, 0.25) is 0 Å². The van der Waals surface area contributed by atoms with Gasteiger partial charge in [0, 0.05) is 31.3 Å². The molecule has 1 fully saturated rings. The Morgan fingerprint density at radius 3 is 2.73 bits per heavy atom. The SMILES string of the molecule is COCc1c(-c2cc3ccc(OC)cc3n2CC2CC2)nc2cc(C(=O)O)ccn12. The van der Waals surface area contributed by atoms with Crippen molar-refractivity contribution < 1.29 is 19.4 Å². The Morgan fingerprint density at radius 1 is 1.20 bits per heavy atom. The first-order chi connectivity index (χ1) is 14.6. The maximum atomic E-state index is 11.4. The van der Waals surface area contributed by atoms with Gasteiger partial charge in [-0.3, -0.25) is 0 Å². The van der Waals surface area contributed by atoms with Crippen LogP contribution in [0, 0.1) is 5.92 Å². The molecule has 0 unspecified atom stereocenters. The van der Waals surface area contributed by atoms with Crippen molar-refractivity contribution in [3.05, 3.63) is 53.9 Å². The molecule has 0 spiro atoms. The summed E-state index contributed by atoms with van der Waals surface area (Å²) in [5.74, 6) is 0.528. The van der Waals surface area contributed by atoms with Crippen molar-refractivity contribution in [1.82, 2.24) is 14.0 Å². The lowest BCUT2D eigenvalue weighted by Crippen LogP contribution is -2.04. The Kier molecular flexibility index (Phi) is 4.47. The predicted molar refractivity (Wildman–Crippen MR) is 113 cm³/mol. The first-order valence-electron chi connectivity index (χ1n) is 10.00. The molecule has 3 aromatic heterocycles. The van der Waals surface area contributed by atoms with E-state index >= 15 is 0 Å². The molecule has 0 saturated heterocycles. The van der Waals surface area contributed by atoms with Gasteiger partial charge in [0.25, 0.3) is 0 Å². The quantitative estimate of drug-likeness (QED) is 0.498. The second-order valence-electron chi connectivity index (χ2n) is 7.80. The maximum absolute atomic E-state index is 11.4. The number of methoxy groups -OCH3 is 2. The van der Waals surface area contributed by atoms with Crippen molar-refractivity contribution in [2.45, 2.75) is 26.0 Å². The molecule has 1 N–H and O–H groups in total. The number of carbonyl (C=O) groups is 1. The van der Waals surface area contributed by atoms with E-state index in [-0.39, 0.29) is 5.56 Å². The average Bonchev–Trinajstić information content (AvgIpc) is 3.41. The Hall–Kier alpha value is -3.32. The predicted octanol–water partition coefficient (Wildman–Crippen LogP) is 4.22. The summed E-state index contributed by atoms with van der Waals surface area (Å²) in [7, 11) is 3.33. The van der Waals surface area contributed by atoms with Crippen LogP contribution in [0.15, 0.2) is 42.6 Å². The van der Waals surface area contributed by atoms with Gasteiger partial charge in [-0.25, -0.2) is 9.78 Å². The molecule has 0 amide bonds. The number of carboxylic acids is 1. The summed E-state index contributed by atoms with van der Waals surface area (Å²) in [6, 6.07) is 11.4. The minimum atomic E-state index is -0.967. The third-order valence-corrected chi connectivity index (χ3v) is 5.74. The number of ether oxygens (including phenoxy) is 2. The number of aromatic carboxylic acids is 1. The molecule has 1 saturated carbocycles. The lowest BCUT2D eigenvalue weighted by molar-refractivity contribution is 0.0697. The molecule has 1 aliphatic carbocycles. The molecule has 154 valence electrons. The number of benzene rings is 1. The summed E-state index contributed by atoms with van der Waals surface area (Å²) >= 11 is 0. The normalized spacial score (nSPS) is 13.9. The van der Waals surface area contributed by atoms with Crippen LogP contribution in [0.1, 0.15) is 28.9 Å². The number of aromatic nitrogens is 3. The molecule has 30 heavy (non-hydrogen) atoms. The van der Waals surface area contributed by atoms with Gasteiger partial charge in [0.2, 0.25) is 0 Å². The smallest absolute Gasteiger partial charge is 0.335 e. The summed E-state index contributed by atoms with van der Waals surface area (Å²) in [6.07, 6.45) is 4.23. The van der Waals surface area contributed by atoms with Gasteiger partial charge >= 0.3 is 5.97 Å². The van der Waals surface area contributed by atoms with Crippen LogP contribution in [0.5, 0.6) is 5.75 Å². The molecular formula is C23H23N3O4. The number of carboxylic acid groups (broad SMARTS) is 1. The van der Waals surface area contributed by atoms with E-state index in [0.717, 1.165) is 40.3 Å². The largest absolute Gasteiger partial charge is 0.497 e. The number of rotatable bonds is 7. The molecule has 4 aromatic rings. The number of pyridine rings is 1. The third-order valence-electron chi connectivity index (χ3n) is 5.74. The van der Waals surface area contributed by atoms with Crippen LogP contribution in [0.4, 0.5) is 0 Å². The van der Waals surface area contributed by atoms with Crippen molar-refractivity contribution in [2.24, 2.45) is 5.92 Å². The van der Waals surface area contributed by atoms with Crippen molar-refractivity contribution in [2.75, 3.05) is 14.2 Å². The molecule has 7 heteroatoms. The zero-order valence-corrected chi connectivity index (χ0v) is 17.0. The van der Waals surface area contributed by atoms with E-state index in [0.29, 0.717) is 18.2 Å². The molecule has 7 nitrogen and oxygen atoms in total. The molecule has 1 aliphatic rings. The zero-order valence-electron chi connectivity index (χ0n) is 17.0. The van der Waals surface area contributed by atoms with Crippen LogP contribution in [-0.2, 0) is 17.9 Å². The number of hydrogen-bond donors (Lipinski definition) is 1. The maximum Gasteiger partial charge on any atom is 0.335 e. The summed E-state index contributed by atoms with van der Waals surface area (Å²) in [4.78, 5) is 16.3. The lowest BCUT2D eigenvalue weighted by atomic mass is 10.2. The molecule has 3 heterocycles. The highest BCUT2D eigenvalue weighted by molar-refractivity contribution is 5.90. The lowest BCUT2D eigenvalue weighted by Gasteiger charge is -2.11. The molecule has 0 bridgehead atoms. The van der Waals surface area contributed by atoms with Gasteiger partial charge in [-0.15, -0.1) is 0 Å². The fourth-order valence-corrected chi connectivity index (χ4v) is 4.02. The van der Waals surface area contributed by atoms with Gasteiger partial charge in [-0.05, 0) is 49.1 Å². The molecule has 1 aromatic carbocycles. The number of fused-ring (bicyclic) bond motifs is 2. The zero-order chi connectivity index (χ0) is 20.8. The third kappa shape index (κ3) is 3.11. The number of nitrogens with zero attached hydrogens (tertiary/aromatic N) is 3. The van der Waals surface area contributed by atoms with Crippen molar-refractivity contribution in [1.29, 1.82) is 0 Å². The van der Waals surface area contributed by atoms with Gasteiger partial charge < -0.3 is 23.5 Å². The summed E-state index contributed by atoms with van der Waals surface area (Å²) in [5.41, 5.74) is 4.65. The first kappa shape index (κ1) is 18.7. The fraction of sp³-hybridized carbons (Fsp3) is 0.304. The monoisotopic (exact) mass is 405 g/mol. The average molecular weight is 405 g/mol. The second-order valence-corrected chi connectivity index (χ2v) is 7.80. The highest BCUT2D eigenvalue weighted by atomic mass is 16.5. The Balaban J connectivity index is 1.75. The van der Waals surface area contributed by atoms with Gasteiger partial charge in [-0.1, -0.05) is 0 Å². The van der Waals surface area contributed by atoms with E-state index in [1.807, 2.05) is 10.5 Å². The fourth-order valence-electron chi connectivity index (χ4n) is 4.02. The van der Waals surface area contributed by atoms with Gasteiger partial charge in [-0.2, -0.15) is 0 Å². The topological polar surface area (TPSA) is 78.0 Å². The Morgan fingerprint density at radius 2 is 2.03 bits per heavy atom. The molecule has 0 aliphatic heterocycles. The van der Waals surface area contributed by atoms with E-state index in [9.17, 15) is 9.90 Å². The van der Waals surface area contributed by atoms with E-state index < -0.39 is 5.97 Å². The van der Waals surface area contributed by atoms with Gasteiger partial charge in [0.15, 0.2) is 0 Å². The minimum absolute atomic E-state index is 0.214. The summed E-state index contributed by atoms with van der Waals surface area (Å²) in [6.45, 7) is 1.30. The summed E-state index contributed by atoms with van der Waals surface area (Å²) < 4.78 is 15.1. The summed E-state index contributed by atoms with van der Waals surface area (Å²) in [5, 5.41) is 10.5. The molecular weight excluding hydrogens is 382 g/mol. The Labute approximate surface area is 173 Å². The van der Waals surface area contributed by atoms with E-state index in [4.69, 9.17) is 14.5 Å². The van der Waals surface area contributed by atoms with Crippen LogP contribution in [0.25, 0.3) is 27.9 Å². The van der Waals surface area contributed by atoms with Crippen molar-refractivity contribution in [3.63, 3.8) is 0 Å². The molecule has 5 rings (SSSR count). The standard InChI is InChI=1S/C23H23N3O4/c1-29-13-20-22(24-21-10-16(23(27)28)7-8-25(20)21)19-9-15-5-6-17(30-2)11-18(15)26(19)12-14-3-4-14/h5-11,14H,3-4,12-13H2,1-2H3,(H,27,28). The highest BCUT2D eigenvalue weighted by Crippen LogP contribution is 2.37.